The lowest BCUT2D eigenvalue weighted by Crippen LogP contribution is -2.37. The number of carbonyl (C=O) groups excluding carboxylic acids is 1. The largest absolute Gasteiger partial charge is 0.497 e. The Morgan fingerprint density at radius 1 is 0.909 bits per heavy atom. The van der Waals surface area contributed by atoms with Crippen molar-refractivity contribution in [2.24, 2.45) is 0 Å². The van der Waals surface area contributed by atoms with E-state index in [1.165, 1.54) is 31.4 Å². The zero-order chi connectivity index (χ0) is 23.8. The fraction of sp³-hybridized carbons (Fsp3) is 0.0909. The summed E-state index contributed by atoms with van der Waals surface area (Å²) in [6.45, 7) is -0.238. The second-order valence-corrected chi connectivity index (χ2v) is 9.13. The summed E-state index contributed by atoms with van der Waals surface area (Å²) in [5, 5.41) is 5.91. The van der Waals surface area contributed by atoms with Gasteiger partial charge in [-0.05, 0) is 85.0 Å². The molecule has 0 aromatic heterocycles. The van der Waals surface area contributed by atoms with Crippen LogP contribution in [0.25, 0.3) is 0 Å². The Hall–Kier alpha value is -3.34. The molecule has 0 heterocycles. The summed E-state index contributed by atoms with van der Waals surface area (Å²) in [5.41, 5.74) is 0.907. The molecular weight excluding hydrogens is 486 g/mol. The van der Waals surface area contributed by atoms with E-state index in [1.54, 1.807) is 48.5 Å². The van der Waals surface area contributed by atoms with E-state index < -0.39 is 15.9 Å². The summed E-state index contributed by atoms with van der Waals surface area (Å²) in [5.74, 6) is 0.659. The summed E-state index contributed by atoms with van der Waals surface area (Å²) >= 11 is 10.9. The van der Waals surface area contributed by atoms with Crippen LogP contribution in [-0.4, -0.2) is 33.2 Å². The molecule has 11 heteroatoms. The van der Waals surface area contributed by atoms with E-state index in [0.717, 1.165) is 0 Å². The van der Waals surface area contributed by atoms with Crippen LogP contribution in [0.2, 0.25) is 5.02 Å². The minimum Gasteiger partial charge on any atom is -0.497 e. The number of ether oxygens (including phenoxy) is 2. The summed E-state index contributed by atoms with van der Waals surface area (Å²) in [4.78, 5) is 12.1. The molecule has 0 atom stereocenters. The fourth-order valence-electron chi connectivity index (χ4n) is 2.60. The number of anilines is 2. The molecule has 0 saturated heterocycles. The van der Waals surface area contributed by atoms with E-state index in [4.69, 9.17) is 33.3 Å². The van der Waals surface area contributed by atoms with Crippen molar-refractivity contribution in [3.05, 3.63) is 77.8 Å². The Bertz CT molecular complexity index is 1220. The lowest BCUT2D eigenvalue weighted by molar-refractivity contribution is -0.121. The molecule has 8 nitrogen and oxygen atoms in total. The average Bonchev–Trinajstić information content (AvgIpc) is 2.79. The van der Waals surface area contributed by atoms with Gasteiger partial charge in [-0.1, -0.05) is 11.6 Å². The Balaban J connectivity index is 1.51. The van der Waals surface area contributed by atoms with Crippen LogP contribution in [0.1, 0.15) is 0 Å². The van der Waals surface area contributed by atoms with Crippen molar-refractivity contribution in [3.63, 3.8) is 0 Å². The predicted molar refractivity (Wildman–Crippen MR) is 132 cm³/mol. The molecule has 1 amide bonds. The molecule has 0 radical (unpaired) electrons. The lowest BCUT2D eigenvalue weighted by atomic mass is 10.3. The predicted octanol–water partition coefficient (Wildman–Crippen LogP) is 4.04. The van der Waals surface area contributed by atoms with Gasteiger partial charge in [-0.2, -0.15) is 0 Å². The van der Waals surface area contributed by atoms with Crippen molar-refractivity contribution in [3.8, 4) is 11.5 Å². The first-order chi connectivity index (χ1) is 15.7. The Morgan fingerprint density at radius 3 is 2.09 bits per heavy atom. The molecule has 0 spiro atoms. The maximum Gasteiger partial charge on any atom is 0.264 e. The molecule has 0 aliphatic rings. The van der Waals surface area contributed by atoms with Gasteiger partial charge in [-0.3, -0.25) is 14.8 Å². The van der Waals surface area contributed by atoms with Gasteiger partial charge in [0.2, 0.25) is 0 Å². The molecule has 172 valence electrons. The second-order valence-electron chi connectivity index (χ2n) is 6.60. The van der Waals surface area contributed by atoms with E-state index in [9.17, 15) is 13.2 Å². The molecule has 3 aromatic rings. The number of methoxy groups -OCH3 is 1. The summed E-state index contributed by atoms with van der Waals surface area (Å²) in [6.07, 6.45) is 0. The van der Waals surface area contributed by atoms with Crippen molar-refractivity contribution < 1.29 is 22.7 Å². The van der Waals surface area contributed by atoms with E-state index in [-0.39, 0.29) is 16.6 Å². The fourth-order valence-corrected chi connectivity index (χ4v) is 4.01. The number of benzene rings is 3. The van der Waals surface area contributed by atoms with Gasteiger partial charge >= 0.3 is 0 Å². The standard InChI is InChI=1S/C22H20ClN3O5S2/c1-30-18-10-4-17(5-11-18)26-33(28,29)20-12-6-16(7-13-20)24-22(32)25-21(27)14-31-19-8-2-15(23)3-9-19/h2-13,26H,14H2,1H3,(H2,24,25,27,32). The minimum atomic E-state index is -3.78. The summed E-state index contributed by atoms with van der Waals surface area (Å²) in [7, 11) is -2.25. The minimum absolute atomic E-state index is 0.0478. The number of nitrogens with one attached hydrogen (secondary N) is 3. The smallest absolute Gasteiger partial charge is 0.264 e. The highest BCUT2D eigenvalue weighted by Crippen LogP contribution is 2.20. The molecule has 3 rings (SSSR count). The van der Waals surface area contributed by atoms with E-state index in [0.29, 0.717) is 27.9 Å². The van der Waals surface area contributed by atoms with Gasteiger partial charge in [0.1, 0.15) is 11.5 Å². The number of halogens is 1. The highest BCUT2D eigenvalue weighted by Gasteiger charge is 2.14. The number of hydrogen-bond acceptors (Lipinski definition) is 6. The van der Waals surface area contributed by atoms with Crippen molar-refractivity contribution in [1.82, 2.24) is 5.32 Å². The highest BCUT2D eigenvalue weighted by molar-refractivity contribution is 7.92. The molecule has 3 N–H and O–H groups in total. The maximum atomic E-state index is 12.6. The first-order valence-corrected chi connectivity index (χ1v) is 11.8. The Labute approximate surface area is 201 Å². The lowest BCUT2D eigenvalue weighted by Gasteiger charge is -2.12. The zero-order valence-corrected chi connectivity index (χ0v) is 19.8. The van der Waals surface area contributed by atoms with Gasteiger partial charge in [0.05, 0.1) is 12.0 Å². The van der Waals surface area contributed by atoms with Crippen LogP contribution in [-0.2, 0) is 14.8 Å². The van der Waals surface area contributed by atoms with Gasteiger partial charge in [-0.15, -0.1) is 0 Å². The van der Waals surface area contributed by atoms with Gasteiger partial charge in [0.25, 0.3) is 15.9 Å². The molecule has 3 aromatic carbocycles. The van der Waals surface area contributed by atoms with Crippen molar-refractivity contribution in [2.75, 3.05) is 23.8 Å². The molecular formula is C22H20ClN3O5S2. The summed E-state index contributed by atoms with van der Waals surface area (Å²) in [6, 6.07) is 19.0. The van der Waals surface area contributed by atoms with Gasteiger partial charge < -0.3 is 14.8 Å². The van der Waals surface area contributed by atoms with Gasteiger partial charge in [0.15, 0.2) is 11.7 Å². The van der Waals surface area contributed by atoms with E-state index >= 15 is 0 Å². The Morgan fingerprint density at radius 2 is 1.48 bits per heavy atom. The third-order valence-electron chi connectivity index (χ3n) is 4.20. The van der Waals surface area contributed by atoms with Crippen LogP contribution < -0.4 is 24.8 Å². The van der Waals surface area contributed by atoms with Crippen LogP contribution in [0.4, 0.5) is 11.4 Å². The molecule has 0 unspecified atom stereocenters. The number of rotatable bonds is 8. The number of carbonyl (C=O) groups is 1. The van der Waals surface area contributed by atoms with E-state index in [2.05, 4.69) is 15.4 Å². The number of thiocarbonyl (C=S) groups is 1. The molecule has 0 aliphatic carbocycles. The van der Waals surface area contributed by atoms with Crippen LogP contribution in [0.15, 0.2) is 77.7 Å². The molecule has 0 fully saturated rings. The molecule has 0 bridgehead atoms. The van der Waals surface area contributed by atoms with Crippen molar-refractivity contribution >= 4 is 56.2 Å². The quantitative estimate of drug-likeness (QED) is 0.397. The van der Waals surface area contributed by atoms with Crippen LogP contribution in [0.5, 0.6) is 11.5 Å². The maximum absolute atomic E-state index is 12.6. The molecule has 33 heavy (non-hydrogen) atoms. The monoisotopic (exact) mass is 505 g/mol. The van der Waals surface area contributed by atoms with Gasteiger partial charge in [-0.25, -0.2) is 8.42 Å². The topological polar surface area (TPSA) is 106 Å². The first kappa shape index (κ1) is 24.3. The van der Waals surface area contributed by atoms with Gasteiger partial charge in [0, 0.05) is 16.4 Å². The van der Waals surface area contributed by atoms with Crippen LogP contribution in [0, 0.1) is 0 Å². The van der Waals surface area contributed by atoms with Crippen LogP contribution in [0.3, 0.4) is 0 Å². The summed E-state index contributed by atoms with van der Waals surface area (Å²) < 4.78 is 38.1. The highest BCUT2D eigenvalue weighted by atomic mass is 35.5. The van der Waals surface area contributed by atoms with Crippen molar-refractivity contribution in [2.45, 2.75) is 4.90 Å². The van der Waals surface area contributed by atoms with E-state index in [1.807, 2.05) is 0 Å². The first-order valence-electron chi connectivity index (χ1n) is 9.51. The SMILES string of the molecule is COc1ccc(NS(=O)(=O)c2ccc(NC(=S)NC(=O)COc3ccc(Cl)cc3)cc2)cc1. The van der Waals surface area contributed by atoms with Crippen molar-refractivity contribution in [1.29, 1.82) is 0 Å². The van der Waals surface area contributed by atoms with Crippen LogP contribution >= 0.6 is 23.8 Å². The zero-order valence-electron chi connectivity index (χ0n) is 17.4. The third kappa shape index (κ3) is 7.35. The second kappa shape index (κ2) is 11.0. The third-order valence-corrected chi connectivity index (χ3v) is 6.05. The normalized spacial score (nSPS) is 10.7. The molecule has 0 aliphatic heterocycles. The number of hydrogen-bond donors (Lipinski definition) is 3. The average molecular weight is 506 g/mol. The molecule has 0 saturated carbocycles. The Kier molecular flexibility index (Phi) is 8.10. The number of sulfonamides is 1. The number of amides is 1.